The summed E-state index contributed by atoms with van der Waals surface area (Å²) in [6.45, 7) is 3.92. The van der Waals surface area contributed by atoms with Crippen LogP contribution in [0.3, 0.4) is 0 Å². The number of phenols is 1. The topological polar surface area (TPSA) is 70.9 Å². The number of nitrogens with zero attached hydrogens (tertiary/aromatic N) is 3. The average Bonchev–Trinajstić information content (AvgIpc) is 2.69. The zero-order valence-corrected chi connectivity index (χ0v) is 15.2. The molecular formula is C22H20N4O. The van der Waals surface area contributed by atoms with E-state index >= 15 is 0 Å². The van der Waals surface area contributed by atoms with Crippen molar-refractivity contribution in [2.24, 2.45) is 0 Å². The number of hydrogen-bond donors (Lipinski definition) is 2. The first kappa shape index (κ1) is 17.0. The van der Waals surface area contributed by atoms with Crippen molar-refractivity contribution >= 4 is 16.7 Å². The number of rotatable bonds is 4. The third-order valence-electron chi connectivity index (χ3n) is 4.63. The maximum Gasteiger partial charge on any atom is 0.147 e. The van der Waals surface area contributed by atoms with Crippen LogP contribution in [0.2, 0.25) is 0 Å². The van der Waals surface area contributed by atoms with Crippen molar-refractivity contribution in [1.29, 1.82) is 0 Å². The zero-order chi connectivity index (χ0) is 18.8. The highest BCUT2D eigenvalue weighted by atomic mass is 16.3. The maximum absolute atomic E-state index is 11.0. The van der Waals surface area contributed by atoms with E-state index in [0.29, 0.717) is 5.52 Å². The fourth-order valence-corrected chi connectivity index (χ4v) is 3.18. The molecule has 0 aliphatic rings. The number of nitrogens with one attached hydrogen (secondary N) is 1. The lowest BCUT2D eigenvalue weighted by Gasteiger charge is -2.22. The van der Waals surface area contributed by atoms with Gasteiger partial charge in [0.05, 0.1) is 6.04 Å². The number of hydrogen-bond acceptors (Lipinski definition) is 5. The molecule has 1 atom stereocenters. The van der Waals surface area contributed by atoms with Gasteiger partial charge in [0, 0.05) is 35.2 Å². The van der Waals surface area contributed by atoms with Gasteiger partial charge in [-0.15, -0.1) is 0 Å². The molecule has 5 nitrogen and oxygen atoms in total. The molecule has 1 unspecified atom stereocenters. The Labute approximate surface area is 157 Å². The second kappa shape index (κ2) is 7.03. The molecule has 2 N–H and O–H groups in total. The van der Waals surface area contributed by atoms with Gasteiger partial charge in [-0.05, 0) is 43.2 Å². The quantitative estimate of drug-likeness (QED) is 0.561. The third-order valence-corrected chi connectivity index (χ3v) is 4.63. The fraction of sp³-hybridized carbons (Fsp3) is 0.136. The number of aromatic nitrogens is 3. The van der Waals surface area contributed by atoms with E-state index in [1.807, 2.05) is 62.4 Å². The van der Waals surface area contributed by atoms with E-state index in [0.717, 1.165) is 33.6 Å². The van der Waals surface area contributed by atoms with Gasteiger partial charge in [-0.3, -0.25) is 4.98 Å². The summed E-state index contributed by atoms with van der Waals surface area (Å²) in [6.07, 6.45) is 5.28. The molecule has 134 valence electrons. The van der Waals surface area contributed by atoms with Crippen molar-refractivity contribution in [3.05, 3.63) is 89.5 Å². The van der Waals surface area contributed by atoms with Crippen molar-refractivity contribution in [2.75, 3.05) is 5.32 Å². The number of pyridine rings is 3. The number of fused-ring (bicyclic) bond motifs is 1. The largest absolute Gasteiger partial charge is 0.505 e. The lowest BCUT2D eigenvalue weighted by atomic mass is 9.97. The SMILES string of the molecule is Cc1ccc2ccc(C(Nc3ncccc3C)c3cccnc3)c(O)c2n1. The number of phenolic OH excluding ortho intramolecular Hbond substituents is 1. The summed E-state index contributed by atoms with van der Waals surface area (Å²) < 4.78 is 0. The van der Waals surface area contributed by atoms with E-state index in [1.165, 1.54) is 0 Å². The van der Waals surface area contributed by atoms with Gasteiger partial charge in [0.25, 0.3) is 0 Å². The molecule has 0 saturated carbocycles. The van der Waals surface area contributed by atoms with E-state index in [4.69, 9.17) is 0 Å². The lowest BCUT2D eigenvalue weighted by Crippen LogP contribution is -2.14. The minimum Gasteiger partial charge on any atom is -0.505 e. The first-order valence-electron chi connectivity index (χ1n) is 8.81. The highest BCUT2D eigenvalue weighted by molar-refractivity contribution is 5.86. The van der Waals surface area contributed by atoms with Gasteiger partial charge in [-0.25, -0.2) is 9.97 Å². The molecule has 1 aromatic carbocycles. The Bertz CT molecular complexity index is 1100. The van der Waals surface area contributed by atoms with Gasteiger partial charge >= 0.3 is 0 Å². The molecule has 0 radical (unpaired) electrons. The molecule has 0 fully saturated rings. The summed E-state index contributed by atoms with van der Waals surface area (Å²) in [5, 5.41) is 15.4. The van der Waals surface area contributed by atoms with E-state index in [-0.39, 0.29) is 11.8 Å². The summed E-state index contributed by atoms with van der Waals surface area (Å²) in [6, 6.07) is 15.3. The number of anilines is 1. The molecule has 0 amide bonds. The molecule has 0 aliphatic heterocycles. The van der Waals surface area contributed by atoms with Crippen LogP contribution in [0.5, 0.6) is 5.75 Å². The molecular weight excluding hydrogens is 336 g/mol. The second-order valence-electron chi connectivity index (χ2n) is 6.56. The van der Waals surface area contributed by atoms with Crippen molar-refractivity contribution in [1.82, 2.24) is 15.0 Å². The first-order valence-corrected chi connectivity index (χ1v) is 8.81. The van der Waals surface area contributed by atoms with Crippen LogP contribution >= 0.6 is 0 Å². The van der Waals surface area contributed by atoms with Gasteiger partial charge in [0.1, 0.15) is 17.1 Å². The van der Waals surface area contributed by atoms with Gasteiger partial charge in [0.2, 0.25) is 0 Å². The summed E-state index contributed by atoms with van der Waals surface area (Å²) in [5.74, 6) is 0.939. The van der Waals surface area contributed by atoms with Gasteiger partial charge in [0.15, 0.2) is 0 Å². The lowest BCUT2D eigenvalue weighted by molar-refractivity contribution is 0.471. The maximum atomic E-state index is 11.0. The molecule has 5 heteroatoms. The molecule has 0 bridgehead atoms. The Balaban J connectivity index is 1.87. The summed E-state index contributed by atoms with van der Waals surface area (Å²) >= 11 is 0. The van der Waals surface area contributed by atoms with Crippen molar-refractivity contribution in [3.8, 4) is 5.75 Å². The highest BCUT2D eigenvalue weighted by Crippen LogP contribution is 2.36. The zero-order valence-electron chi connectivity index (χ0n) is 15.2. The third kappa shape index (κ3) is 3.31. The van der Waals surface area contributed by atoms with Crippen LogP contribution in [0.4, 0.5) is 5.82 Å². The number of aromatic hydroxyl groups is 1. The van der Waals surface area contributed by atoms with Gasteiger partial charge in [-0.1, -0.05) is 30.3 Å². The number of aryl methyl sites for hydroxylation is 2. The molecule has 3 aromatic heterocycles. The van der Waals surface area contributed by atoms with E-state index in [2.05, 4.69) is 20.3 Å². The minimum absolute atomic E-state index is 0.172. The molecule has 0 saturated heterocycles. The first-order chi connectivity index (χ1) is 13.1. The van der Waals surface area contributed by atoms with Crippen molar-refractivity contribution in [2.45, 2.75) is 19.9 Å². The summed E-state index contributed by atoms with van der Waals surface area (Å²) in [7, 11) is 0. The minimum atomic E-state index is -0.306. The molecule has 27 heavy (non-hydrogen) atoms. The second-order valence-corrected chi connectivity index (χ2v) is 6.56. The van der Waals surface area contributed by atoms with Crippen LogP contribution in [-0.4, -0.2) is 20.1 Å². The monoisotopic (exact) mass is 356 g/mol. The van der Waals surface area contributed by atoms with Crippen molar-refractivity contribution in [3.63, 3.8) is 0 Å². The Morgan fingerprint density at radius 3 is 2.56 bits per heavy atom. The van der Waals surface area contributed by atoms with Crippen LogP contribution in [-0.2, 0) is 0 Å². The molecule has 4 rings (SSSR count). The highest BCUT2D eigenvalue weighted by Gasteiger charge is 2.21. The van der Waals surface area contributed by atoms with Crippen LogP contribution in [0.25, 0.3) is 10.9 Å². The molecule has 4 aromatic rings. The van der Waals surface area contributed by atoms with Crippen LogP contribution in [0.1, 0.15) is 28.4 Å². The van der Waals surface area contributed by atoms with Crippen LogP contribution < -0.4 is 5.32 Å². The van der Waals surface area contributed by atoms with Gasteiger partial charge < -0.3 is 10.4 Å². The predicted octanol–water partition coefficient (Wildman–Crippen LogP) is 4.55. The Hall–Kier alpha value is -3.47. The van der Waals surface area contributed by atoms with E-state index < -0.39 is 0 Å². The van der Waals surface area contributed by atoms with Crippen molar-refractivity contribution < 1.29 is 5.11 Å². The average molecular weight is 356 g/mol. The van der Waals surface area contributed by atoms with Gasteiger partial charge in [-0.2, -0.15) is 0 Å². The smallest absolute Gasteiger partial charge is 0.147 e. The Morgan fingerprint density at radius 1 is 0.963 bits per heavy atom. The fourth-order valence-electron chi connectivity index (χ4n) is 3.18. The number of benzene rings is 1. The molecule has 0 spiro atoms. The standard InChI is InChI=1S/C22H20N4O/c1-14-5-3-12-24-22(14)26-19(17-6-4-11-23-13-17)18-10-9-16-8-7-15(2)25-20(16)21(18)27/h3-13,19,27H,1-2H3,(H,24,26). The summed E-state index contributed by atoms with van der Waals surface area (Å²) in [5.41, 5.74) is 4.16. The Morgan fingerprint density at radius 2 is 1.78 bits per heavy atom. The Kier molecular flexibility index (Phi) is 4.42. The van der Waals surface area contributed by atoms with Crippen LogP contribution in [0.15, 0.2) is 67.1 Å². The molecule has 3 heterocycles. The molecule has 0 aliphatic carbocycles. The van der Waals surface area contributed by atoms with E-state index in [1.54, 1.807) is 18.6 Å². The van der Waals surface area contributed by atoms with Crippen LogP contribution in [0, 0.1) is 13.8 Å². The predicted molar refractivity (Wildman–Crippen MR) is 107 cm³/mol. The van der Waals surface area contributed by atoms with E-state index in [9.17, 15) is 5.11 Å². The normalized spacial score (nSPS) is 12.1. The summed E-state index contributed by atoms with van der Waals surface area (Å²) in [4.78, 5) is 13.2.